The molecule has 0 N–H and O–H groups in total. The molecule has 0 aliphatic rings. The van der Waals surface area contributed by atoms with Crippen molar-refractivity contribution in [1.82, 2.24) is 0 Å². The van der Waals surface area contributed by atoms with Crippen LogP contribution in [0.5, 0.6) is 11.5 Å². The van der Waals surface area contributed by atoms with Gasteiger partial charge in [-0.3, -0.25) is 4.79 Å². The molecule has 0 aliphatic heterocycles. The second-order valence-electron chi connectivity index (χ2n) is 10.6. The minimum Gasteiger partial charge on any atom is -0.469 e. The average molecular weight is 600 g/mol. The first-order valence-corrected chi connectivity index (χ1v) is 17.1. The van der Waals surface area contributed by atoms with Crippen molar-refractivity contribution in [1.29, 1.82) is 0 Å². The van der Waals surface area contributed by atoms with Crippen LogP contribution in [0.3, 0.4) is 0 Å². The summed E-state index contributed by atoms with van der Waals surface area (Å²) in [5.41, 5.74) is 2.49. The lowest BCUT2D eigenvalue weighted by Gasteiger charge is -2.34. The highest BCUT2D eigenvalue weighted by Crippen LogP contribution is 2.52. The molecule has 4 nitrogen and oxygen atoms in total. The molecule has 0 radical (unpaired) electrons. The zero-order valence-corrected chi connectivity index (χ0v) is 26.0. The number of esters is 1. The third kappa shape index (κ3) is 8.00. The fourth-order valence-electron chi connectivity index (χ4n) is 3.96. The first kappa shape index (κ1) is 30.8. The van der Waals surface area contributed by atoms with Gasteiger partial charge >= 0.3 is 5.97 Å². The molecule has 0 aromatic heterocycles. The first-order valence-electron chi connectivity index (χ1n) is 10.9. The largest absolute Gasteiger partial charge is 0.469 e. The summed E-state index contributed by atoms with van der Waals surface area (Å²) >= 11 is 23.9. The monoisotopic (exact) mass is 598 g/mol. The van der Waals surface area contributed by atoms with Crippen LogP contribution in [-0.4, -0.2) is 13.1 Å². The molecule has 0 saturated carbocycles. The van der Waals surface area contributed by atoms with Crippen molar-refractivity contribution < 1.29 is 18.6 Å². The molecule has 35 heavy (non-hydrogen) atoms. The van der Waals surface area contributed by atoms with Gasteiger partial charge in [-0.05, 0) is 79.1 Å². The summed E-state index contributed by atoms with van der Waals surface area (Å²) in [4.78, 5) is 12.6. The van der Waals surface area contributed by atoms with Gasteiger partial charge in [0.25, 0.3) is 13.7 Å². The van der Waals surface area contributed by atoms with Gasteiger partial charge in [-0.25, -0.2) is 0 Å². The fraction of sp³-hybridized carbons (Fsp3) is 0.480. The molecule has 0 spiro atoms. The van der Waals surface area contributed by atoms with E-state index in [4.69, 9.17) is 58.7 Å². The average Bonchev–Trinajstić information content (AvgIpc) is 2.71. The van der Waals surface area contributed by atoms with E-state index in [0.717, 1.165) is 22.3 Å². The molecule has 0 amide bonds. The van der Waals surface area contributed by atoms with Crippen molar-refractivity contribution in [3.8, 4) is 11.5 Å². The predicted octanol–water partition coefficient (Wildman–Crippen LogP) is 10.3. The molecular weight excluding hydrogens is 568 g/mol. The normalized spacial score (nSPS) is 12.7. The van der Waals surface area contributed by atoms with E-state index in [9.17, 15) is 4.79 Å². The Balaban J connectivity index is 2.80. The summed E-state index contributed by atoms with van der Waals surface area (Å²) in [6, 6.07) is 11.7. The molecule has 2 aromatic rings. The molecular formula is C25H32Cl4O4P2. The van der Waals surface area contributed by atoms with Crippen molar-refractivity contribution in [2.75, 3.05) is 7.11 Å². The van der Waals surface area contributed by atoms with Gasteiger partial charge in [0, 0.05) is 16.5 Å². The van der Waals surface area contributed by atoms with Crippen LogP contribution in [0.2, 0.25) is 0 Å². The van der Waals surface area contributed by atoms with Gasteiger partial charge in [0.2, 0.25) is 0 Å². The van der Waals surface area contributed by atoms with Crippen LogP contribution < -0.4 is 9.05 Å². The Hall–Kier alpha value is -0.470. The molecule has 0 fully saturated rings. The number of ether oxygens (including phenoxy) is 1. The van der Waals surface area contributed by atoms with Gasteiger partial charge in [0.15, 0.2) is 0 Å². The van der Waals surface area contributed by atoms with E-state index in [1.54, 1.807) is 0 Å². The Morgan fingerprint density at radius 1 is 0.743 bits per heavy atom. The Morgan fingerprint density at radius 3 is 1.40 bits per heavy atom. The van der Waals surface area contributed by atoms with Gasteiger partial charge in [-0.1, -0.05) is 72.7 Å². The zero-order chi connectivity index (χ0) is 26.8. The van der Waals surface area contributed by atoms with Gasteiger partial charge in [0.1, 0.15) is 11.5 Å². The summed E-state index contributed by atoms with van der Waals surface area (Å²) in [5, 5.41) is 0. The van der Waals surface area contributed by atoms with Gasteiger partial charge < -0.3 is 13.8 Å². The zero-order valence-electron chi connectivity index (χ0n) is 21.2. The fourth-order valence-corrected chi connectivity index (χ4v) is 5.47. The van der Waals surface area contributed by atoms with Gasteiger partial charge in [0.05, 0.1) is 13.5 Å². The second kappa shape index (κ2) is 11.9. The van der Waals surface area contributed by atoms with Crippen LogP contribution in [0.1, 0.15) is 77.1 Å². The third-order valence-corrected chi connectivity index (χ3v) is 7.41. The van der Waals surface area contributed by atoms with Crippen LogP contribution in [0, 0.1) is 0 Å². The third-order valence-electron chi connectivity index (χ3n) is 5.91. The molecule has 0 heterocycles. The topological polar surface area (TPSA) is 44.8 Å². The second-order valence-corrected chi connectivity index (χ2v) is 16.5. The van der Waals surface area contributed by atoms with Crippen molar-refractivity contribution in [3.05, 3.63) is 58.7 Å². The van der Waals surface area contributed by atoms with E-state index < -0.39 is 19.1 Å². The molecule has 2 rings (SSSR count). The number of methoxy groups -OCH3 is 1. The van der Waals surface area contributed by atoms with Crippen LogP contribution in [0.25, 0.3) is 0 Å². The highest BCUT2D eigenvalue weighted by Gasteiger charge is 2.36. The molecule has 0 saturated heterocycles. The van der Waals surface area contributed by atoms with Crippen molar-refractivity contribution in [3.63, 3.8) is 0 Å². The SMILES string of the molecule is COC(=O)CC(C)(c1ccc(OP(Cl)Cl)c(C(C)(C)C)c1)c1ccc(OP(Cl)Cl)c(C(C)(C)C)c1. The number of hydrogen-bond acceptors (Lipinski definition) is 4. The molecule has 2 aromatic carbocycles. The number of carbonyl (C=O) groups is 1. The van der Waals surface area contributed by atoms with Crippen LogP contribution in [0.4, 0.5) is 0 Å². The maximum absolute atomic E-state index is 12.6. The summed E-state index contributed by atoms with van der Waals surface area (Å²) in [5.74, 6) is 0.918. The highest BCUT2D eigenvalue weighted by atomic mass is 35.9. The Kier molecular flexibility index (Phi) is 10.5. The van der Waals surface area contributed by atoms with E-state index in [0.29, 0.717) is 11.5 Å². The van der Waals surface area contributed by atoms with Crippen LogP contribution >= 0.6 is 58.7 Å². The van der Waals surface area contributed by atoms with Crippen molar-refractivity contribution in [2.24, 2.45) is 0 Å². The van der Waals surface area contributed by atoms with Crippen LogP contribution in [0.15, 0.2) is 36.4 Å². The van der Waals surface area contributed by atoms with Crippen molar-refractivity contribution >= 4 is 64.6 Å². The molecule has 0 atom stereocenters. The lowest BCUT2D eigenvalue weighted by atomic mass is 9.70. The van der Waals surface area contributed by atoms with E-state index in [1.165, 1.54) is 7.11 Å². The standard InChI is InChI=1S/C25H32Cl4O4P2/c1-23(2,3)18-13-16(9-11-20(18)32-34(26)27)25(7,15-22(30)31-8)17-10-12-21(33-35(28)29)19(14-17)24(4,5)6/h9-14H,15H2,1-8H3. The summed E-state index contributed by atoms with van der Waals surface area (Å²) in [7, 11) is 1.39. The number of rotatable bonds is 8. The molecule has 0 aliphatic carbocycles. The molecule has 10 heteroatoms. The minimum absolute atomic E-state index is 0.131. The van der Waals surface area contributed by atoms with E-state index in [1.807, 2.05) is 31.2 Å². The van der Waals surface area contributed by atoms with E-state index >= 15 is 0 Å². The first-order chi connectivity index (χ1) is 16.0. The Morgan fingerprint density at radius 2 is 1.11 bits per heavy atom. The van der Waals surface area contributed by atoms with E-state index in [-0.39, 0.29) is 23.2 Å². The quantitative estimate of drug-likeness (QED) is 0.224. The molecule has 0 bridgehead atoms. The highest BCUT2D eigenvalue weighted by molar-refractivity contribution is 8.01. The predicted molar refractivity (Wildman–Crippen MR) is 152 cm³/mol. The number of carbonyl (C=O) groups excluding carboxylic acids is 1. The van der Waals surface area contributed by atoms with Crippen LogP contribution in [-0.2, 0) is 25.8 Å². The summed E-state index contributed by atoms with van der Waals surface area (Å²) in [6.07, 6.45) is 0.131. The molecule has 194 valence electrons. The van der Waals surface area contributed by atoms with E-state index in [2.05, 4.69) is 53.7 Å². The minimum atomic E-state index is -1.63. The lowest BCUT2D eigenvalue weighted by molar-refractivity contribution is -0.141. The van der Waals surface area contributed by atoms with Crippen molar-refractivity contribution in [2.45, 2.75) is 71.1 Å². The van der Waals surface area contributed by atoms with Gasteiger partial charge in [-0.2, -0.15) is 0 Å². The lowest BCUT2D eigenvalue weighted by Crippen LogP contribution is -2.29. The number of halogens is 4. The summed E-state index contributed by atoms with van der Waals surface area (Å²) < 4.78 is 16.5. The number of benzene rings is 2. The maximum Gasteiger partial charge on any atom is 0.306 e. The molecule has 0 unspecified atom stereocenters. The maximum atomic E-state index is 12.6. The number of hydrogen-bond donors (Lipinski definition) is 0. The summed E-state index contributed by atoms with van der Waals surface area (Å²) in [6.45, 7) is 11.3. The van der Waals surface area contributed by atoms with Gasteiger partial charge in [-0.15, -0.1) is 0 Å². The smallest absolute Gasteiger partial charge is 0.306 e. The Labute approximate surface area is 230 Å². The Bertz CT molecular complexity index is 975.